The van der Waals surface area contributed by atoms with Crippen molar-refractivity contribution in [2.24, 2.45) is 0 Å². The van der Waals surface area contributed by atoms with Crippen molar-refractivity contribution in [2.45, 2.75) is 19.5 Å². The van der Waals surface area contributed by atoms with E-state index in [0.29, 0.717) is 31.6 Å². The van der Waals surface area contributed by atoms with Gasteiger partial charge in [-0.15, -0.1) is 0 Å². The van der Waals surface area contributed by atoms with Gasteiger partial charge in [-0.25, -0.2) is 4.79 Å². The number of carbonyl (C=O) groups is 2. The quantitative estimate of drug-likeness (QED) is 0.938. The second-order valence-electron chi connectivity index (χ2n) is 5.63. The van der Waals surface area contributed by atoms with Crippen molar-refractivity contribution in [2.75, 3.05) is 13.7 Å². The molecule has 0 saturated heterocycles. The second-order valence-corrected chi connectivity index (χ2v) is 5.63. The SMILES string of the molecule is COC(=O)N1CCc2c(cncc2C(=O)NCc2ccccc2)C1. The molecule has 124 valence electrons. The topological polar surface area (TPSA) is 71.5 Å². The van der Waals surface area contributed by atoms with E-state index >= 15 is 0 Å². The van der Waals surface area contributed by atoms with Crippen LogP contribution in [0.1, 0.15) is 27.0 Å². The summed E-state index contributed by atoms with van der Waals surface area (Å²) in [6.07, 6.45) is 3.55. The van der Waals surface area contributed by atoms with Crippen LogP contribution in [0.4, 0.5) is 4.79 Å². The van der Waals surface area contributed by atoms with E-state index in [9.17, 15) is 9.59 Å². The molecule has 1 aromatic carbocycles. The van der Waals surface area contributed by atoms with Crippen LogP contribution in [0, 0.1) is 0 Å². The lowest BCUT2D eigenvalue weighted by atomic mass is 9.97. The third-order valence-corrected chi connectivity index (χ3v) is 4.11. The zero-order chi connectivity index (χ0) is 16.9. The summed E-state index contributed by atoms with van der Waals surface area (Å²) in [6.45, 7) is 1.41. The Kier molecular flexibility index (Phi) is 4.74. The van der Waals surface area contributed by atoms with Crippen molar-refractivity contribution in [3.8, 4) is 0 Å². The monoisotopic (exact) mass is 325 g/mol. The van der Waals surface area contributed by atoms with Crippen molar-refractivity contribution in [1.29, 1.82) is 0 Å². The first kappa shape index (κ1) is 16.0. The molecule has 0 bridgehead atoms. The largest absolute Gasteiger partial charge is 0.453 e. The number of aromatic nitrogens is 1. The predicted octanol–water partition coefficient (Wildman–Crippen LogP) is 2.14. The van der Waals surface area contributed by atoms with Gasteiger partial charge in [0, 0.05) is 25.5 Å². The number of hydrogen-bond donors (Lipinski definition) is 1. The lowest BCUT2D eigenvalue weighted by molar-refractivity contribution is 0.0948. The van der Waals surface area contributed by atoms with E-state index < -0.39 is 0 Å². The molecular weight excluding hydrogens is 306 g/mol. The molecule has 0 saturated carbocycles. The summed E-state index contributed by atoms with van der Waals surface area (Å²) in [5.41, 5.74) is 3.46. The molecule has 6 nitrogen and oxygen atoms in total. The molecule has 1 aliphatic heterocycles. The van der Waals surface area contributed by atoms with Crippen LogP contribution in [0.15, 0.2) is 42.7 Å². The van der Waals surface area contributed by atoms with Crippen molar-refractivity contribution in [3.05, 3.63) is 65.0 Å². The van der Waals surface area contributed by atoms with Gasteiger partial charge in [-0.1, -0.05) is 30.3 Å². The highest BCUT2D eigenvalue weighted by atomic mass is 16.5. The van der Waals surface area contributed by atoms with Crippen LogP contribution >= 0.6 is 0 Å². The fourth-order valence-electron chi connectivity index (χ4n) is 2.85. The number of hydrogen-bond acceptors (Lipinski definition) is 4. The molecule has 6 heteroatoms. The molecule has 1 aliphatic rings. The normalized spacial score (nSPS) is 13.1. The fourth-order valence-corrected chi connectivity index (χ4v) is 2.85. The van der Waals surface area contributed by atoms with E-state index in [2.05, 4.69) is 10.3 Å². The number of ether oxygens (including phenoxy) is 1. The summed E-state index contributed by atoms with van der Waals surface area (Å²) >= 11 is 0. The summed E-state index contributed by atoms with van der Waals surface area (Å²) < 4.78 is 4.76. The highest BCUT2D eigenvalue weighted by Crippen LogP contribution is 2.22. The molecule has 2 amide bonds. The predicted molar refractivity (Wildman–Crippen MR) is 88.4 cm³/mol. The number of nitrogens with one attached hydrogen (secondary N) is 1. The van der Waals surface area contributed by atoms with Gasteiger partial charge in [-0.2, -0.15) is 0 Å². The third-order valence-electron chi connectivity index (χ3n) is 4.11. The molecule has 0 atom stereocenters. The van der Waals surface area contributed by atoms with E-state index in [4.69, 9.17) is 4.74 Å². The van der Waals surface area contributed by atoms with Crippen LogP contribution < -0.4 is 5.32 Å². The number of nitrogens with zero attached hydrogens (tertiary/aromatic N) is 2. The zero-order valence-corrected chi connectivity index (χ0v) is 13.5. The molecular formula is C18H19N3O3. The maximum Gasteiger partial charge on any atom is 0.409 e. The number of carbonyl (C=O) groups excluding carboxylic acids is 2. The Morgan fingerprint density at radius 2 is 2.04 bits per heavy atom. The number of pyridine rings is 1. The molecule has 1 aromatic heterocycles. The van der Waals surface area contributed by atoms with Gasteiger partial charge in [-0.3, -0.25) is 9.78 Å². The van der Waals surface area contributed by atoms with Gasteiger partial charge in [0.25, 0.3) is 5.91 Å². The average Bonchev–Trinajstić information content (AvgIpc) is 2.65. The van der Waals surface area contributed by atoms with Gasteiger partial charge in [-0.05, 0) is 23.1 Å². The Morgan fingerprint density at radius 1 is 1.25 bits per heavy atom. The van der Waals surface area contributed by atoms with Crippen LogP contribution in [0.5, 0.6) is 0 Å². The second kappa shape index (κ2) is 7.12. The smallest absolute Gasteiger partial charge is 0.409 e. The highest BCUT2D eigenvalue weighted by Gasteiger charge is 2.25. The zero-order valence-electron chi connectivity index (χ0n) is 13.5. The number of methoxy groups -OCH3 is 1. The molecule has 0 radical (unpaired) electrons. The van der Waals surface area contributed by atoms with Gasteiger partial charge in [0.15, 0.2) is 0 Å². The number of benzene rings is 1. The molecule has 0 spiro atoms. The summed E-state index contributed by atoms with van der Waals surface area (Å²) in [5, 5.41) is 2.93. The minimum Gasteiger partial charge on any atom is -0.453 e. The Morgan fingerprint density at radius 3 is 2.79 bits per heavy atom. The lowest BCUT2D eigenvalue weighted by Gasteiger charge is -2.28. The first-order valence-corrected chi connectivity index (χ1v) is 7.80. The van der Waals surface area contributed by atoms with E-state index in [1.807, 2.05) is 30.3 Å². The van der Waals surface area contributed by atoms with E-state index in [1.165, 1.54) is 7.11 Å². The van der Waals surface area contributed by atoms with Gasteiger partial charge in [0.05, 0.1) is 19.2 Å². The van der Waals surface area contributed by atoms with Crippen molar-refractivity contribution >= 4 is 12.0 Å². The molecule has 2 heterocycles. The number of rotatable bonds is 3. The van der Waals surface area contributed by atoms with Crippen LogP contribution in [0.3, 0.4) is 0 Å². The first-order chi connectivity index (χ1) is 11.7. The maximum absolute atomic E-state index is 12.5. The summed E-state index contributed by atoms with van der Waals surface area (Å²) in [5.74, 6) is -0.144. The average molecular weight is 325 g/mol. The molecule has 0 fully saturated rings. The van der Waals surface area contributed by atoms with Crippen molar-refractivity contribution in [1.82, 2.24) is 15.2 Å². The Hall–Kier alpha value is -2.89. The third kappa shape index (κ3) is 3.37. The van der Waals surface area contributed by atoms with E-state index in [1.54, 1.807) is 17.3 Å². The van der Waals surface area contributed by atoms with Crippen LogP contribution in [-0.2, 0) is 24.2 Å². The van der Waals surface area contributed by atoms with E-state index in [0.717, 1.165) is 16.7 Å². The Labute approximate surface area is 140 Å². The summed E-state index contributed by atoms with van der Waals surface area (Å²) in [4.78, 5) is 29.9. The van der Waals surface area contributed by atoms with Crippen LogP contribution in [0.2, 0.25) is 0 Å². The maximum atomic E-state index is 12.5. The molecule has 1 N–H and O–H groups in total. The van der Waals surface area contributed by atoms with Gasteiger partial charge in [0.2, 0.25) is 0 Å². The summed E-state index contributed by atoms with van der Waals surface area (Å²) in [7, 11) is 1.36. The first-order valence-electron chi connectivity index (χ1n) is 7.80. The Balaban J connectivity index is 1.73. The van der Waals surface area contributed by atoms with Gasteiger partial charge < -0.3 is 15.0 Å². The lowest BCUT2D eigenvalue weighted by Crippen LogP contribution is -2.37. The minimum atomic E-state index is -0.361. The molecule has 3 rings (SSSR count). The van der Waals surface area contributed by atoms with Crippen molar-refractivity contribution in [3.63, 3.8) is 0 Å². The molecule has 2 aromatic rings. The number of fused-ring (bicyclic) bond motifs is 1. The number of amides is 2. The van der Waals surface area contributed by atoms with E-state index in [-0.39, 0.29) is 12.0 Å². The molecule has 0 aliphatic carbocycles. The van der Waals surface area contributed by atoms with Crippen LogP contribution in [-0.4, -0.2) is 35.5 Å². The van der Waals surface area contributed by atoms with Crippen molar-refractivity contribution < 1.29 is 14.3 Å². The standard InChI is InChI=1S/C18H19N3O3/c1-24-18(23)21-8-7-15-14(12-21)10-19-11-16(15)17(22)20-9-13-5-3-2-4-6-13/h2-6,10-11H,7-9,12H2,1H3,(H,20,22). The minimum absolute atomic E-state index is 0.144. The van der Waals surface area contributed by atoms with Gasteiger partial charge in [0.1, 0.15) is 0 Å². The molecule has 0 unspecified atom stereocenters. The highest BCUT2D eigenvalue weighted by molar-refractivity contribution is 5.95. The van der Waals surface area contributed by atoms with Gasteiger partial charge >= 0.3 is 6.09 Å². The summed E-state index contributed by atoms with van der Waals surface area (Å²) in [6, 6.07) is 9.75. The van der Waals surface area contributed by atoms with Crippen LogP contribution in [0.25, 0.3) is 0 Å². The fraction of sp³-hybridized carbons (Fsp3) is 0.278. The Bertz CT molecular complexity index is 746. The molecule has 24 heavy (non-hydrogen) atoms.